The van der Waals surface area contributed by atoms with E-state index in [1.807, 2.05) is 19.1 Å². The predicted molar refractivity (Wildman–Crippen MR) is 86.6 cm³/mol. The summed E-state index contributed by atoms with van der Waals surface area (Å²) in [5.74, 6) is 1.52. The number of hydrogen-bond acceptors (Lipinski definition) is 2. The molecule has 0 heterocycles. The van der Waals surface area contributed by atoms with Crippen LogP contribution in [-0.2, 0) is 10.0 Å². The van der Waals surface area contributed by atoms with E-state index >= 15 is 0 Å². The van der Waals surface area contributed by atoms with Crippen LogP contribution in [0.4, 0.5) is 0 Å². The Bertz CT molecular complexity index is 563. The van der Waals surface area contributed by atoms with Crippen molar-refractivity contribution in [2.45, 2.75) is 57.9 Å². The summed E-state index contributed by atoms with van der Waals surface area (Å²) in [7, 11) is -3.42. The second-order valence-corrected chi connectivity index (χ2v) is 8.58. The lowest BCUT2D eigenvalue weighted by Crippen LogP contribution is -2.45. The van der Waals surface area contributed by atoms with Crippen molar-refractivity contribution in [3.63, 3.8) is 0 Å². The fourth-order valence-corrected chi connectivity index (χ4v) is 4.62. The molecular weight excluding hydrogens is 282 g/mol. The molecule has 4 heteroatoms. The molecule has 0 aromatic heterocycles. The average molecular weight is 309 g/mol. The Morgan fingerprint density at radius 2 is 1.76 bits per heavy atom. The highest BCUT2D eigenvalue weighted by molar-refractivity contribution is 7.89. The van der Waals surface area contributed by atoms with E-state index in [0.717, 1.165) is 18.4 Å². The largest absolute Gasteiger partial charge is 0.240 e. The lowest BCUT2D eigenvalue weighted by atomic mass is 9.74. The average Bonchev–Trinajstić information content (AvgIpc) is 2.38. The summed E-state index contributed by atoms with van der Waals surface area (Å²) in [6.07, 6.45) is 3.25. The van der Waals surface area contributed by atoms with Gasteiger partial charge in [0.05, 0.1) is 4.90 Å². The fraction of sp³-hybridized carbons (Fsp3) is 0.647. The molecule has 0 bridgehead atoms. The van der Waals surface area contributed by atoms with Gasteiger partial charge in [-0.25, -0.2) is 13.1 Å². The smallest absolute Gasteiger partial charge is 0.208 e. The molecule has 0 saturated heterocycles. The molecular formula is C17H27NO2S. The quantitative estimate of drug-likeness (QED) is 0.921. The number of aryl methyl sites for hydroxylation is 1. The number of hydrogen-bond donors (Lipinski definition) is 1. The Balaban J connectivity index is 2.19. The molecule has 1 aliphatic rings. The normalized spacial score (nSPS) is 27.0. The van der Waals surface area contributed by atoms with E-state index in [4.69, 9.17) is 0 Å². The van der Waals surface area contributed by atoms with Crippen molar-refractivity contribution in [2.24, 2.45) is 17.8 Å². The van der Waals surface area contributed by atoms with Crippen LogP contribution in [0.2, 0.25) is 0 Å². The van der Waals surface area contributed by atoms with Crippen molar-refractivity contribution in [3.8, 4) is 0 Å². The van der Waals surface area contributed by atoms with Gasteiger partial charge in [0.1, 0.15) is 0 Å². The second-order valence-electron chi connectivity index (χ2n) is 6.87. The molecule has 21 heavy (non-hydrogen) atoms. The molecule has 3 atom stereocenters. The first-order valence-corrected chi connectivity index (χ1v) is 9.37. The van der Waals surface area contributed by atoms with Gasteiger partial charge >= 0.3 is 0 Å². The summed E-state index contributed by atoms with van der Waals surface area (Å²) in [6.45, 7) is 8.55. The van der Waals surface area contributed by atoms with Crippen LogP contribution in [0.25, 0.3) is 0 Å². The molecule has 2 rings (SSSR count). The third-order valence-corrected chi connectivity index (χ3v) is 6.17. The van der Waals surface area contributed by atoms with Crippen LogP contribution in [0.15, 0.2) is 29.2 Å². The van der Waals surface area contributed by atoms with Crippen molar-refractivity contribution in [2.75, 3.05) is 0 Å². The van der Waals surface area contributed by atoms with Gasteiger partial charge in [-0.1, -0.05) is 44.9 Å². The molecule has 1 aliphatic carbocycles. The van der Waals surface area contributed by atoms with Crippen molar-refractivity contribution < 1.29 is 8.42 Å². The highest BCUT2D eigenvalue weighted by atomic mass is 32.2. The van der Waals surface area contributed by atoms with Crippen molar-refractivity contribution in [3.05, 3.63) is 29.8 Å². The van der Waals surface area contributed by atoms with E-state index in [1.54, 1.807) is 12.1 Å². The Morgan fingerprint density at radius 3 is 2.33 bits per heavy atom. The summed E-state index contributed by atoms with van der Waals surface area (Å²) < 4.78 is 28.1. The van der Waals surface area contributed by atoms with E-state index in [9.17, 15) is 8.42 Å². The van der Waals surface area contributed by atoms with E-state index < -0.39 is 10.0 Å². The van der Waals surface area contributed by atoms with Crippen LogP contribution >= 0.6 is 0 Å². The molecule has 0 radical (unpaired) electrons. The third kappa shape index (κ3) is 4.07. The molecule has 0 spiro atoms. The Labute approximate surface area is 129 Å². The third-order valence-electron chi connectivity index (χ3n) is 4.66. The molecule has 1 fully saturated rings. The number of nitrogens with one attached hydrogen (secondary N) is 1. The van der Waals surface area contributed by atoms with Crippen LogP contribution in [0, 0.1) is 24.7 Å². The Kier molecular flexibility index (Phi) is 5.10. The number of rotatable bonds is 4. The molecule has 0 amide bonds. The molecule has 0 aliphatic heterocycles. The topological polar surface area (TPSA) is 46.2 Å². The van der Waals surface area contributed by atoms with E-state index in [-0.39, 0.29) is 6.04 Å². The van der Waals surface area contributed by atoms with Gasteiger partial charge in [0, 0.05) is 6.04 Å². The van der Waals surface area contributed by atoms with Gasteiger partial charge < -0.3 is 0 Å². The molecule has 1 saturated carbocycles. The minimum Gasteiger partial charge on any atom is -0.208 e. The van der Waals surface area contributed by atoms with E-state index in [0.29, 0.717) is 22.6 Å². The second kappa shape index (κ2) is 6.49. The Hall–Kier alpha value is -0.870. The summed E-state index contributed by atoms with van der Waals surface area (Å²) in [5, 5.41) is 0. The maximum atomic E-state index is 12.6. The van der Waals surface area contributed by atoms with Gasteiger partial charge in [0.15, 0.2) is 0 Å². The standard InChI is InChI=1S/C17H27NO2S/c1-12(2)16-10-7-14(4)11-17(16)18-21(19,20)15-8-5-13(3)6-9-15/h5-6,8-9,12,14,16-18H,7,10-11H2,1-4H3/t14-,16+,17+/m1/s1. The molecule has 1 aromatic rings. The summed E-state index contributed by atoms with van der Waals surface area (Å²) in [6, 6.07) is 7.12. The van der Waals surface area contributed by atoms with Crippen LogP contribution in [-0.4, -0.2) is 14.5 Å². The maximum absolute atomic E-state index is 12.6. The van der Waals surface area contributed by atoms with Gasteiger partial charge in [-0.3, -0.25) is 0 Å². The zero-order valence-corrected chi connectivity index (χ0v) is 14.3. The van der Waals surface area contributed by atoms with E-state index in [2.05, 4.69) is 25.5 Å². The van der Waals surface area contributed by atoms with Gasteiger partial charge in [-0.2, -0.15) is 0 Å². The van der Waals surface area contributed by atoms with Crippen LogP contribution < -0.4 is 4.72 Å². The van der Waals surface area contributed by atoms with Crippen molar-refractivity contribution in [1.82, 2.24) is 4.72 Å². The van der Waals surface area contributed by atoms with Crippen molar-refractivity contribution >= 4 is 10.0 Å². The fourth-order valence-electron chi connectivity index (χ4n) is 3.32. The first-order chi connectivity index (χ1) is 9.79. The molecule has 0 unspecified atom stereocenters. The summed E-state index contributed by atoms with van der Waals surface area (Å²) >= 11 is 0. The maximum Gasteiger partial charge on any atom is 0.240 e. The minimum atomic E-state index is -3.42. The van der Waals surface area contributed by atoms with E-state index in [1.165, 1.54) is 6.42 Å². The van der Waals surface area contributed by atoms with Gasteiger partial charge in [0.2, 0.25) is 10.0 Å². The Morgan fingerprint density at radius 1 is 1.14 bits per heavy atom. The molecule has 3 nitrogen and oxygen atoms in total. The first-order valence-electron chi connectivity index (χ1n) is 7.88. The monoisotopic (exact) mass is 309 g/mol. The predicted octanol–water partition coefficient (Wildman–Crippen LogP) is 3.73. The molecule has 1 N–H and O–H groups in total. The number of sulfonamides is 1. The van der Waals surface area contributed by atoms with Gasteiger partial charge in [-0.15, -0.1) is 0 Å². The SMILES string of the molecule is Cc1ccc(S(=O)(=O)N[C@H]2C[C@H](C)CC[C@H]2C(C)C)cc1. The highest BCUT2D eigenvalue weighted by Gasteiger charge is 2.33. The van der Waals surface area contributed by atoms with Crippen LogP contribution in [0.1, 0.15) is 45.6 Å². The first kappa shape index (κ1) is 16.5. The van der Waals surface area contributed by atoms with Crippen molar-refractivity contribution in [1.29, 1.82) is 0 Å². The molecule has 1 aromatic carbocycles. The zero-order chi connectivity index (χ0) is 15.6. The number of benzene rings is 1. The minimum absolute atomic E-state index is 0.0556. The zero-order valence-electron chi connectivity index (χ0n) is 13.5. The lowest BCUT2D eigenvalue weighted by molar-refractivity contribution is 0.188. The summed E-state index contributed by atoms with van der Waals surface area (Å²) in [4.78, 5) is 0.369. The lowest BCUT2D eigenvalue weighted by Gasteiger charge is -2.37. The van der Waals surface area contributed by atoms with Gasteiger partial charge in [0.25, 0.3) is 0 Å². The molecule has 118 valence electrons. The highest BCUT2D eigenvalue weighted by Crippen LogP contribution is 2.34. The summed E-state index contributed by atoms with van der Waals surface area (Å²) in [5.41, 5.74) is 1.07. The van der Waals surface area contributed by atoms with Crippen LogP contribution in [0.3, 0.4) is 0 Å². The van der Waals surface area contributed by atoms with Crippen LogP contribution in [0.5, 0.6) is 0 Å². The van der Waals surface area contributed by atoms with Gasteiger partial charge in [-0.05, 0) is 49.7 Å².